The first-order valence-corrected chi connectivity index (χ1v) is 10.1. The van der Waals surface area contributed by atoms with Gasteiger partial charge >= 0.3 is 5.97 Å². The third kappa shape index (κ3) is 4.93. The predicted octanol–water partition coefficient (Wildman–Crippen LogP) is 4.00. The van der Waals surface area contributed by atoms with Crippen molar-refractivity contribution in [3.8, 4) is 11.5 Å². The molecular formula is C19H20BrNO4S. The number of halogens is 1. The molecule has 1 heterocycles. The lowest BCUT2D eigenvalue weighted by atomic mass is 10.2. The topological polar surface area (TPSA) is 67.8 Å². The average molecular weight is 438 g/mol. The maximum Gasteiger partial charge on any atom is 0.321 e. The van der Waals surface area contributed by atoms with E-state index >= 15 is 0 Å². The molecule has 7 heteroatoms. The molecule has 0 aromatic heterocycles. The molecule has 0 radical (unpaired) electrons. The fourth-order valence-corrected chi connectivity index (χ4v) is 4.35. The lowest BCUT2D eigenvalue weighted by molar-refractivity contribution is -0.138. The largest absolute Gasteiger partial charge is 0.490 e. The van der Waals surface area contributed by atoms with Gasteiger partial charge in [-0.1, -0.05) is 18.2 Å². The maximum atomic E-state index is 11.1. The minimum absolute atomic E-state index is 0.0221. The number of rotatable bonds is 7. The summed E-state index contributed by atoms with van der Waals surface area (Å²) in [7, 11) is 0. The zero-order valence-corrected chi connectivity index (χ0v) is 16.7. The molecule has 2 unspecified atom stereocenters. The number of hydrogen-bond acceptors (Lipinski definition) is 5. The van der Waals surface area contributed by atoms with Crippen molar-refractivity contribution in [2.24, 2.45) is 0 Å². The second-order valence-corrected chi connectivity index (χ2v) is 7.97. The number of aryl methyl sites for hydroxylation is 1. The van der Waals surface area contributed by atoms with Crippen molar-refractivity contribution < 1.29 is 19.4 Å². The Labute approximate surface area is 165 Å². The quantitative estimate of drug-likeness (QED) is 0.637. The number of benzene rings is 2. The van der Waals surface area contributed by atoms with Crippen LogP contribution in [0, 0.1) is 6.92 Å². The van der Waals surface area contributed by atoms with Crippen LogP contribution in [0.2, 0.25) is 0 Å². The monoisotopic (exact) mass is 437 g/mol. The SMILES string of the molecule is Cc1cccc(OCCOc2ccc(C3NC(C(=O)O)CS3)cc2Br)c1. The van der Waals surface area contributed by atoms with Crippen molar-refractivity contribution in [2.75, 3.05) is 19.0 Å². The molecule has 0 spiro atoms. The van der Waals surface area contributed by atoms with Gasteiger partial charge in [0.25, 0.3) is 0 Å². The molecule has 1 fully saturated rings. The Morgan fingerprint density at radius 1 is 1.27 bits per heavy atom. The van der Waals surface area contributed by atoms with Crippen molar-refractivity contribution in [3.63, 3.8) is 0 Å². The van der Waals surface area contributed by atoms with E-state index in [0.29, 0.717) is 19.0 Å². The van der Waals surface area contributed by atoms with Crippen LogP contribution in [0.3, 0.4) is 0 Å². The maximum absolute atomic E-state index is 11.1. The van der Waals surface area contributed by atoms with E-state index in [1.54, 1.807) is 11.8 Å². The first-order valence-electron chi connectivity index (χ1n) is 8.25. The molecule has 5 nitrogen and oxygen atoms in total. The summed E-state index contributed by atoms with van der Waals surface area (Å²) in [5, 5.41) is 12.2. The second kappa shape index (κ2) is 8.79. The first-order chi connectivity index (χ1) is 12.5. The molecule has 2 N–H and O–H groups in total. The van der Waals surface area contributed by atoms with Crippen LogP contribution in [-0.4, -0.2) is 36.1 Å². The van der Waals surface area contributed by atoms with Crippen molar-refractivity contribution in [2.45, 2.75) is 18.3 Å². The van der Waals surface area contributed by atoms with Gasteiger partial charge < -0.3 is 14.6 Å². The molecule has 0 saturated carbocycles. The molecule has 1 aliphatic heterocycles. The Morgan fingerprint density at radius 3 is 2.77 bits per heavy atom. The third-order valence-corrected chi connectivity index (χ3v) is 5.83. The van der Waals surface area contributed by atoms with E-state index in [4.69, 9.17) is 14.6 Å². The van der Waals surface area contributed by atoms with Crippen LogP contribution >= 0.6 is 27.7 Å². The number of nitrogens with one attached hydrogen (secondary N) is 1. The lowest BCUT2D eigenvalue weighted by Gasteiger charge is -2.14. The molecule has 2 aromatic carbocycles. The van der Waals surface area contributed by atoms with Crippen LogP contribution in [0.5, 0.6) is 11.5 Å². The number of thioether (sulfide) groups is 1. The van der Waals surface area contributed by atoms with Gasteiger partial charge in [-0.2, -0.15) is 0 Å². The highest BCUT2D eigenvalue weighted by Crippen LogP contribution is 2.36. The van der Waals surface area contributed by atoms with E-state index in [1.807, 2.05) is 49.4 Å². The predicted molar refractivity (Wildman–Crippen MR) is 106 cm³/mol. The summed E-state index contributed by atoms with van der Waals surface area (Å²) in [6, 6.07) is 13.2. The van der Waals surface area contributed by atoms with Gasteiger partial charge in [-0.15, -0.1) is 11.8 Å². The number of carboxylic acids is 1. The van der Waals surface area contributed by atoms with Gasteiger partial charge in [-0.25, -0.2) is 0 Å². The molecule has 1 aliphatic rings. The summed E-state index contributed by atoms with van der Waals surface area (Å²) in [6.07, 6.45) is 0. The van der Waals surface area contributed by atoms with E-state index in [-0.39, 0.29) is 5.37 Å². The van der Waals surface area contributed by atoms with Crippen LogP contribution in [0.4, 0.5) is 0 Å². The molecule has 0 aliphatic carbocycles. The second-order valence-electron chi connectivity index (χ2n) is 5.97. The molecular weight excluding hydrogens is 418 g/mol. The van der Waals surface area contributed by atoms with Gasteiger partial charge in [0.1, 0.15) is 30.8 Å². The third-order valence-electron chi connectivity index (χ3n) is 3.94. The standard InChI is InChI=1S/C19H20BrNO4S/c1-12-3-2-4-14(9-12)24-7-8-25-17-6-5-13(10-15(17)20)18-21-16(11-26-18)19(22)23/h2-6,9-10,16,18,21H,7-8,11H2,1H3,(H,22,23). The molecule has 0 bridgehead atoms. The van der Waals surface area contributed by atoms with Gasteiger partial charge in [-0.05, 0) is 58.2 Å². The van der Waals surface area contributed by atoms with Crippen LogP contribution in [0.25, 0.3) is 0 Å². The van der Waals surface area contributed by atoms with Crippen molar-refractivity contribution in [1.82, 2.24) is 5.32 Å². The number of carboxylic acid groups (broad SMARTS) is 1. The molecule has 26 heavy (non-hydrogen) atoms. The van der Waals surface area contributed by atoms with Crippen molar-refractivity contribution in [3.05, 3.63) is 58.1 Å². The van der Waals surface area contributed by atoms with Crippen LogP contribution < -0.4 is 14.8 Å². The fourth-order valence-electron chi connectivity index (χ4n) is 2.62. The normalized spacial score (nSPS) is 19.3. The lowest BCUT2D eigenvalue weighted by Crippen LogP contribution is -2.33. The van der Waals surface area contributed by atoms with Crippen LogP contribution in [-0.2, 0) is 4.79 Å². The summed E-state index contributed by atoms with van der Waals surface area (Å²) in [6.45, 7) is 2.92. The van der Waals surface area contributed by atoms with Gasteiger partial charge in [0.05, 0.1) is 9.85 Å². The Balaban J connectivity index is 1.51. The Morgan fingerprint density at radius 2 is 2.08 bits per heavy atom. The number of carbonyl (C=O) groups is 1. The van der Waals surface area contributed by atoms with Gasteiger partial charge in [0.15, 0.2) is 0 Å². The smallest absolute Gasteiger partial charge is 0.321 e. The number of aliphatic carboxylic acids is 1. The summed E-state index contributed by atoms with van der Waals surface area (Å²) in [5.74, 6) is 1.32. The highest BCUT2D eigenvalue weighted by molar-refractivity contribution is 9.10. The summed E-state index contributed by atoms with van der Waals surface area (Å²) >= 11 is 5.12. The Bertz CT molecular complexity index is 786. The summed E-state index contributed by atoms with van der Waals surface area (Å²) in [5.41, 5.74) is 2.18. The zero-order valence-electron chi connectivity index (χ0n) is 14.3. The molecule has 1 saturated heterocycles. The van der Waals surface area contributed by atoms with E-state index < -0.39 is 12.0 Å². The highest BCUT2D eigenvalue weighted by atomic mass is 79.9. The molecule has 2 aromatic rings. The average Bonchev–Trinajstić information content (AvgIpc) is 3.10. The van der Waals surface area contributed by atoms with Gasteiger partial charge in [-0.3, -0.25) is 10.1 Å². The molecule has 0 amide bonds. The minimum atomic E-state index is -0.812. The van der Waals surface area contributed by atoms with E-state index in [0.717, 1.165) is 27.1 Å². The van der Waals surface area contributed by atoms with E-state index in [1.165, 1.54) is 0 Å². The van der Waals surface area contributed by atoms with Gasteiger partial charge in [0.2, 0.25) is 0 Å². The van der Waals surface area contributed by atoms with Gasteiger partial charge in [0, 0.05) is 5.75 Å². The van der Waals surface area contributed by atoms with Crippen molar-refractivity contribution in [1.29, 1.82) is 0 Å². The van der Waals surface area contributed by atoms with E-state index in [2.05, 4.69) is 21.2 Å². The Kier molecular flexibility index (Phi) is 6.45. The first kappa shape index (κ1) is 19.1. The summed E-state index contributed by atoms with van der Waals surface area (Å²) < 4.78 is 12.3. The fraction of sp³-hybridized carbons (Fsp3) is 0.316. The van der Waals surface area contributed by atoms with Crippen LogP contribution in [0.15, 0.2) is 46.9 Å². The Hall–Kier alpha value is -1.70. The number of ether oxygens (including phenoxy) is 2. The molecule has 2 atom stereocenters. The van der Waals surface area contributed by atoms with Crippen LogP contribution in [0.1, 0.15) is 16.5 Å². The van der Waals surface area contributed by atoms with E-state index in [9.17, 15) is 4.79 Å². The minimum Gasteiger partial charge on any atom is -0.490 e. The highest BCUT2D eigenvalue weighted by Gasteiger charge is 2.30. The van der Waals surface area contributed by atoms with Crippen molar-refractivity contribution >= 4 is 33.7 Å². The summed E-state index contributed by atoms with van der Waals surface area (Å²) in [4.78, 5) is 11.1. The zero-order chi connectivity index (χ0) is 18.5. The number of hydrogen-bond donors (Lipinski definition) is 2. The molecule has 3 rings (SSSR count). The molecule has 138 valence electrons.